The van der Waals surface area contributed by atoms with E-state index in [0.29, 0.717) is 5.75 Å². The van der Waals surface area contributed by atoms with Crippen LogP contribution in [-0.4, -0.2) is 11.9 Å². The summed E-state index contributed by atoms with van der Waals surface area (Å²) in [4.78, 5) is 0. The van der Waals surface area contributed by atoms with Gasteiger partial charge < -0.3 is 14.6 Å². The summed E-state index contributed by atoms with van der Waals surface area (Å²) in [6.07, 6.45) is -0.685. The zero-order chi connectivity index (χ0) is 12.5. The summed E-state index contributed by atoms with van der Waals surface area (Å²) < 4.78 is 11.4. The molecule has 92 valence electrons. The van der Waals surface area contributed by atoms with Crippen LogP contribution in [0.5, 0.6) is 11.5 Å². The van der Waals surface area contributed by atoms with E-state index in [4.69, 9.17) is 9.47 Å². The molecule has 0 fully saturated rings. The second kappa shape index (κ2) is 4.63. The van der Waals surface area contributed by atoms with Crippen molar-refractivity contribution in [2.24, 2.45) is 0 Å². The predicted octanol–water partition coefficient (Wildman–Crippen LogP) is 3.26. The van der Waals surface area contributed by atoms with Gasteiger partial charge in [0.15, 0.2) is 11.5 Å². The van der Waals surface area contributed by atoms with E-state index in [1.54, 1.807) is 0 Å². The topological polar surface area (TPSA) is 38.7 Å². The summed E-state index contributed by atoms with van der Waals surface area (Å²) in [6, 6.07) is 13.1. The normalized spacial score (nSPS) is 14.6. The molecule has 1 unspecified atom stereocenters. The van der Waals surface area contributed by atoms with Gasteiger partial charge in [-0.05, 0) is 29.3 Å². The summed E-state index contributed by atoms with van der Waals surface area (Å²) >= 11 is 3.44. The van der Waals surface area contributed by atoms with Crippen molar-refractivity contribution in [2.75, 3.05) is 6.79 Å². The third-order valence-electron chi connectivity index (χ3n) is 2.91. The lowest BCUT2D eigenvalue weighted by Gasteiger charge is -2.13. The molecule has 0 amide bonds. The fourth-order valence-corrected chi connectivity index (χ4v) is 2.46. The van der Waals surface area contributed by atoms with Gasteiger partial charge in [0.2, 0.25) is 6.79 Å². The number of aliphatic hydroxyl groups excluding tert-OH is 1. The van der Waals surface area contributed by atoms with Crippen LogP contribution in [0.25, 0.3) is 0 Å². The molecule has 4 heteroatoms. The van der Waals surface area contributed by atoms with Gasteiger partial charge in [0.1, 0.15) is 6.10 Å². The number of fused-ring (bicyclic) bond motifs is 1. The molecule has 0 saturated carbocycles. The van der Waals surface area contributed by atoms with E-state index in [2.05, 4.69) is 15.9 Å². The minimum Gasteiger partial charge on any atom is -0.454 e. The number of halogens is 1. The van der Waals surface area contributed by atoms with Gasteiger partial charge in [-0.15, -0.1) is 0 Å². The van der Waals surface area contributed by atoms with Crippen LogP contribution >= 0.6 is 15.9 Å². The maximum absolute atomic E-state index is 10.4. The molecule has 3 rings (SSSR count). The van der Waals surface area contributed by atoms with E-state index in [1.807, 2.05) is 42.5 Å². The molecule has 1 aliphatic heterocycles. The molecule has 1 N–H and O–H groups in total. The van der Waals surface area contributed by atoms with Gasteiger partial charge >= 0.3 is 0 Å². The monoisotopic (exact) mass is 306 g/mol. The summed E-state index contributed by atoms with van der Waals surface area (Å²) in [5, 5.41) is 10.4. The number of hydrogen-bond acceptors (Lipinski definition) is 3. The first kappa shape index (κ1) is 11.6. The molecule has 0 saturated heterocycles. The Bertz CT molecular complexity index is 583. The van der Waals surface area contributed by atoms with Crippen LogP contribution in [0.1, 0.15) is 17.2 Å². The zero-order valence-corrected chi connectivity index (χ0v) is 11.1. The highest BCUT2D eigenvalue weighted by Gasteiger charge is 2.18. The molecule has 18 heavy (non-hydrogen) atoms. The minimum atomic E-state index is -0.685. The highest BCUT2D eigenvalue weighted by molar-refractivity contribution is 9.10. The summed E-state index contributed by atoms with van der Waals surface area (Å²) in [5.41, 5.74) is 1.61. The number of rotatable bonds is 2. The molecule has 1 aliphatic rings. The van der Waals surface area contributed by atoms with Gasteiger partial charge in [0.25, 0.3) is 0 Å². The lowest BCUT2D eigenvalue weighted by Crippen LogP contribution is -2.00. The highest BCUT2D eigenvalue weighted by atomic mass is 79.9. The SMILES string of the molecule is OC(c1ccc2c(c1)OCO2)c1ccccc1Br. The Labute approximate surface area is 113 Å². The predicted molar refractivity (Wildman–Crippen MR) is 70.8 cm³/mol. The van der Waals surface area contributed by atoms with Crippen molar-refractivity contribution >= 4 is 15.9 Å². The second-order valence-electron chi connectivity index (χ2n) is 4.04. The van der Waals surface area contributed by atoms with Crippen LogP contribution in [-0.2, 0) is 0 Å². The quantitative estimate of drug-likeness (QED) is 0.925. The first-order valence-corrected chi connectivity index (χ1v) is 6.37. The van der Waals surface area contributed by atoms with E-state index in [9.17, 15) is 5.11 Å². The van der Waals surface area contributed by atoms with Crippen LogP contribution in [0.4, 0.5) is 0 Å². The molecule has 0 bridgehead atoms. The molecule has 2 aromatic rings. The maximum atomic E-state index is 10.4. The van der Waals surface area contributed by atoms with Crippen molar-refractivity contribution in [3.05, 3.63) is 58.1 Å². The van der Waals surface area contributed by atoms with Crippen LogP contribution in [0.15, 0.2) is 46.9 Å². The Morgan fingerprint density at radius 3 is 2.67 bits per heavy atom. The summed E-state index contributed by atoms with van der Waals surface area (Å²) in [5.74, 6) is 1.40. The Hall–Kier alpha value is -1.52. The molecule has 0 aromatic heterocycles. The van der Waals surface area contributed by atoms with Gasteiger partial charge in [0, 0.05) is 4.47 Å². The molecule has 0 radical (unpaired) electrons. The van der Waals surface area contributed by atoms with Crippen molar-refractivity contribution in [3.63, 3.8) is 0 Å². The van der Waals surface area contributed by atoms with Gasteiger partial charge in [0.05, 0.1) is 0 Å². The molecule has 3 nitrogen and oxygen atoms in total. The molecular weight excluding hydrogens is 296 g/mol. The average molecular weight is 307 g/mol. The third-order valence-corrected chi connectivity index (χ3v) is 3.63. The van der Waals surface area contributed by atoms with Gasteiger partial charge in [-0.1, -0.05) is 40.2 Å². The lowest BCUT2D eigenvalue weighted by molar-refractivity contribution is 0.173. The Morgan fingerprint density at radius 1 is 1.06 bits per heavy atom. The van der Waals surface area contributed by atoms with E-state index < -0.39 is 6.10 Å². The van der Waals surface area contributed by atoms with E-state index in [1.165, 1.54) is 0 Å². The number of ether oxygens (including phenoxy) is 2. The van der Waals surface area contributed by atoms with Crippen molar-refractivity contribution < 1.29 is 14.6 Å². The molecule has 2 aromatic carbocycles. The van der Waals surface area contributed by atoms with Crippen LogP contribution in [0, 0.1) is 0 Å². The number of benzene rings is 2. The van der Waals surface area contributed by atoms with E-state index in [-0.39, 0.29) is 6.79 Å². The van der Waals surface area contributed by atoms with Gasteiger partial charge in [-0.2, -0.15) is 0 Å². The van der Waals surface area contributed by atoms with Crippen LogP contribution in [0.3, 0.4) is 0 Å². The first-order chi connectivity index (χ1) is 8.75. The minimum absolute atomic E-state index is 0.240. The van der Waals surface area contributed by atoms with Crippen LogP contribution in [0.2, 0.25) is 0 Å². The molecule has 1 heterocycles. The fourth-order valence-electron chi connectivity index (χ4n) is 1.96. The smallest absolute Gasteiger partial charge is 0.231 e. The highest BCUT2D eigenvalue weighted by Crippen LogP contribution is 2.36. The fraction of sp³-hybridized carbons (Fsp3) is 0.143. The van der Waals surface area contributed by atoms with E-state index >= 15 is 0 Å². The standard InChI is InChI=1S/C14H11BrO3/c15-11-4-2-1-3-10(11)14(16)9-5-6-12-13(7-9)18-8-17-12/h1-7,14,16H,8H2. The van der Waals surface area contributed by atoms with E-state index in [0.717, 1.165) is 21.3 Å². The third kappa shape index (κ3) is 1.98. The number of aliphatic hydroxyl groups is 1. The van der Waals surface area contributed by atoms with Crippen molar-refractivity contribution in [1.29, 1.82) is 0 Å². The maximum Gasteiger partial charge on any atom is 0.231 e. The zero-order valence-electron chi connectivity index (χ0n) is 9.47. The van der Waals surface area contributed by atoms with Crippen molar-refractivity contribution in [2.45, 2.75) is 6.10 Å². The largest absolute Gasteiger partial charge is 0.454 e. The summed E-state index contributed by atoms with van der Waals surface area (Å²) in [6.45, 7) is 0.240. The van der Waals surface area contributed by atoms with Gasteiger partial charge in [-0.3, -0.25) is 0 Å². The Morgan fingerprint density at radius 2 is 1.83 bits per heavy atom. The first-order valence-electron chi connectivity index (χ1n) is 5.58. The second-order valence-corrected chi connectivity index (χ2v) is 4.89. The van der Waals surface area contributed by atoms with Crippen LogP contribution < -0.4 is 9.47 Å². The molecule has 0 spiro atoms. The molecule has 0 aliphatic carbocycles. The molecule has 1 atom stereocenters. The van der Waals surface area contributed by atoms with Crippen molar-refractivity contribution in [1.82, 2.24) is 0 Å². The lowest BCUT2D eigenvalue weighted by atomic mass is 10.0. The van der Waals surface area contributed by atoms with Crippen molar-refractivity contribution in [3.8, 4) is 11.5 Å². The number of hydrogen-bond donors (Lipinski definition) is 1. The van der Waals surface area contributed by atoms with Gasteiger partial charge in [-0.25, -0.2) is 0 Å². The Kier molecular flexibility index (Phi) is 2.97. The Balaban J connectivity index is 1.98. The molecular formula is C14H11BrO3. The summed E-state index contributed by atoms with van der Waals surface area (Å²) in [7, 11) is 0. The average Bonchev–Trinajstić information content (AvgIpc) is 2.85.